The molecule has 0 aromatic rings. The molecule has 0 N–H and O–H groups in total. The molecule has 0 heterocycles. The largest absolute Gasteiger partial charge is 0.300 e. The van der Waals surface area contributed by atoms with Gasteiger partial charge in [0.25, 0.3) is 0 Å². The van der Waals surface area contributed by atoms with Crippen LogP contribution in [0.3, 0.4) is 0 Å². The van der Waals surface area contributed by atoms with Crippen molar-refractivity contribution < 1.29 is 9.59 Å². The van der Waals surface area contributed by atoms with Gasteiger partial charge >= 0.3 is 0 Å². The predicted octanol–water partition coefficient (Wildman–Crippen LogP) is 3.00. The minimum absolute atomic E-state index is 0.249. The first-order valence-corrected chi connectivity index (χ1v) is 5.42. The van der Waals surface area contributed by atoms with E-state index in [0.29, 0.717) is 24.7 Å². The summed E-state index contributed by atoms with van der Waals surface area (Å²) >= 11 is 0. The van der Waals surface area contributed by atoms with E-state index in [-0.39, 0.29) is 11.6 Å². The van der Waals surface area contributed by atoms with Gasteiger partial charge in [-0.15, -0.1) is 0 Å². The van der Waals surface area contributed by atoms with Crippen molar-refractivity contribution in [2.45, 2.75) is 53.4 Å². The Morgan fingerprint density at radius 1 is 0.929 bits per heavy atom. The summed E-state index contributed by atoms with van der Waals surface area (Å²) in [5.74, 6) is 1.58. The van der Waals surface area contributed by atoms with Crippen molar-refractivity contribution in [3.63, 3.8) is 0 Å². The topological polar surface area (TPSA) is 34.1 Å². The first kappa shape index (κ1) is 13.3. The van der Waals surface area contributed by atoms with E-state index in [1.54, 1.807) is 13.8 Å². The molecule has 2 nitrogen and oxygen atoms in total. The molecule has 0 aliphatic rings. The first-order chi connectivity index (χ1) is 6.43. The van der Waals surface area contributed by atoms with Gasteiger partial charge in [0.05, 0.1) is 0 Å². The van der Waals surface area contributed by atoms with Gasteiger partial charge in [-0.05, 0) is 38.5 Å². The molecule has 82 valence electrons. The van der Waals surface area contributed by atoms with Crippen LogP contribution in [0.15, 0.2) is 0 Å². The number of Topliss-reactive ketones (excluding diaryl/α,β-unsaturated/α-hetero) is 2. The molecular weight excluding hydrogens is 176 g/mol. The molecule has 0 aromatic carbocycles. The van der Waals surface area contributed by atoms with Crippen molar-refractivity contribution in [2.75, 3.05) is 0 Å². The lowest BCUT2D eigenvalue weighted by molar-refractivity contribution is -0.117. The predicted molar refractivity (Wildman–Crippen MR) is 58.2 cm³/mol. The summed E-state index contributed by atoms with van der Waals surface area (Å²) in [6.07, 6.45) is 3.17. The van der Waals surface area contributed by atoms with E-state index in [1.807, 2.05) is 0 Å². The van der Waals surface area contributed by atoms with Crippen LogP contribution in [0.5, 0.6) is 0 Å². The summed E-state index contributed by atoms with van der Waals surface area (Å²) in [4.78, 5) is 21.7. The van der Waals surface area contributed by atoms with Gasteiger partial charge in [0, 0.05) is 12.8 Å². The molecule has 0 amide bonds. The van der Waals surface area contributed by atoms with Gasteiger partial charge in [-0.25, -0.2) is 0 Å². The molecule has 0 aliphatic heterocycles. The third kappa shape index (κ3) is 6.81. The number of hydrogen-bond acceptors (Lipinski definition) is 2. The van der Waals surface area contributed by atoms with Gasteiger partial charge in [0.1, 0.15) is 11.6 Å². The van der Waals surface area contributed by atoms with Crippen LogP contribution < -0.4 is 0 Å². The lowest BCUT2D eigenvalue weighted by atomic mass is 9.86. The fourth-order valence-corrected chi connectivity index (χ4v) is 1.59. The average Bonchev–Trinajstić information content (AvgIpc) is 2.02. The van der Waals surface area contributed by atoms with Crippen molar-refractivity contribution in [2.24, 2.45) is 11.8 Å². The highest BCUT2D eigenvalue weighted by Crippen LogP contribution is 2.22. The van der Waals surface area contributed by atoms with Crippen molar-refractivity contribution >= 4 is 11.6 Å². The lowest BCUT2D eigenvalue weighted by Gasteiger charge is -2.19. The Kier molecular flexibility index (Phi) is 6.43. The molecule has 0 rings (SSSR count). The molecule has 0 saturated heterocycles. The lowest BCUT2D eigenvalue weighted by Crippen LogP contribution is -2.11. The second-order valence-electron chi connectivity index (χ2n) is 4.49. The van der Waals surface area contributed by atoms with Gasteiger partial charge < -0.3 is 9.59 Å². The SMILES string of the molecule is CC(=O)CCC(CCC(C)=O)C(C)C. The van der Waals surface area contributed by atoms with Crippen molar-refractivity contribution in [3.8, 4) is 0 Å². The van der Waals surface area contributed by atoms with E-state index in [9.17, 15) is 9.59 Å². The van der Waals surface area contributed by atoms with E-state index in [1.165, 1.54) is 0 Å². The number of rotatable bonds is 7. The Morgan fingerprint density at radius 2 is 1.29 bits per heavy atom. The molecule has 0 aromatic heterocycles. The zero-order valence-corrected chi connectivity index (χ0v) is 9.80. The van der Waals surface area contributed by atoms with E-state index in [4.69, 9.17) is 0 Å². The molecule has 0 bridgehead atoms. The summed E-state index contributed by atoms with van der Waals surface area (Å²) in [5.41, 5.74) is 0. The van der Waals surface area contributed by atoms with Gasteiger partial charge in [-0.2, -0.15) is 0 Å². The fraction of sp³-hybridized carbons (Fsp3) is 0.833. The molecule has 2 heteroatoms. The number of carbonyl (C=O) groups is 2. The minimum Gasteiger partial charge on any atom is -0.300 e. The summed E-state index contributed by atoms with van der Waals surface area (Å²) in [5, 5.41) is 0. The van der Waals surface area contributed by atoms with E-state index in [2.05, 4.69) is 13.8 Å². The van der Waals surface area contributed by atoms with Crippen LogP contribution in [0, 0.1) is 11.8 Å². The van der Waals surface area contributed by atoms with Gasteiger partial charge in [0.15, 0.2) is 0 Å². The number of hydrogen-bond donors (Lipinski definition) is 0. The summed E-state index contributed by atoms with van der Waals surface area (Å²) in [6.45, 7) is 7.57. The molecule has 0 fully saturated rings. The first-order valence-electron chi connectivity index (χ1n) is 5.42. The van der Waals surface area contributed by atoms with E-state index in [0.717, 1.165) is 12.8 Å². The highest BCUT2D eigenvalue weighted by Gasteiger charge is 2.14. The quantitative estimate of drug-likeness (QED) is 0.630. The molecule has 0 spiro atoms. The standard InChI is InChI=1S/C12H22O2/c1-9(2)12(7-5-10(3)13)8-6-11(4)14/h9,12H,5-8H2,1-4H3. The average molecular weight is 198 g/mol. The van der Waals surface area contributed by atoms with Crippen LogP contribution in [-0.2, 0) is 9.59 Å². The smallest absolute Gasteiger partial charge is 0.129 e. The van der Waals surface area contributed by atoms with Gasteiger partial charge in [0.2, 0.25) is 0 Å². The van der Waals surface area contributed by atoms with E-state index < -0.39 is 0 Å². The molecule has 14 heavy (non-hydrogen) atoms. The summed E-state index contributed by atoms with van der Waals surface area (Å²) in [6, 6.07) is 0. The van der Waals surface area contributed by atoms with Crippen LogP contribution in [-0.4, -0.2) is 11.6 Å². The zero-order valence-electron chi connectivity index (χ0n) is 9.80. The van der Waals surface area contributed by atoms with Crippen LogP contribution in [0.2, 0.25) is 0 Å². The maximum atomic E-state index is 10.8. The van der Waals surface area contributed by atoms with Crippen LogP contribution in [0.4, 0.5) is 0 Å². The Labute approximate surface area is 87.1 Å². The van der Waals surface area contributed by atoms with Crippen molar-refractivity contribution in [1.29, 1.82) is 0 Å². The molecular formula is C12H22O2. The van der Waals surface area contributed by atoms with Crippen molar-refractivity contribution in [1.82, 2.24) is 0 Å². The summed E-state index contributed by atoms with van der Waals surface area (Å²) in [7, 11) is 0. The fourth-order valence-electron chi connectivity index (χ4n) is 1.59. The van der Waals surface area contributed by atoms with E-state index >= 15 is 0 Å². The third-order valence-electron chi connectivity index (χ3n) is 2.68. The molecule has 0 aliphatic carbocycles. The van der Waals surface area contributed by atoms with Gasteiger partial charge in [-0.1, -0.05) is 13.8 Å². The second-order valence-corrected chi connectivity index (χ2v) is 4.49. The monoisotopic (exact) mass is 198 g/mol. The second kappa shape index (κ2) is 6.74. The number of ketones is 2. The van der Waals surface area contributed by atoms with Crippen LogP contribution in [0.1, 0.15) is 53.4 Å². The highest BCUT2D eigenvalue weighted by atomic mass is 16.1. The molecule has 0 unspecified atom stereocenters. The molecule has 0 saturated carbocycles. The van der Waals surface area contributed by atoms with Crippen LogP contribution in [0.25, 0.3) is 0 Å². The maximum absolute atomic E-state index is 10.8. The van der Waals surface area contributed by atoms with Gasteiger partial charge in [-0.3, -0.25) is 0 Å². The zero-order chi connectivity index (χ0) is 11.1. The van der Waals surface area contributed by atoms with Crippen LogP contribution >= 0.6 is 0 Å². The molecule has 0 radical (unpaired) electrons. The summed E-state index contributed by atoms with van der Waals surface area (Å²) < 4.78 is 0. The minimum atomic E-state index is 0.249. The number of carbonyl (C=O) groups excluding carboxylic acids is 2. The highest BCUT2D eigenvalue weighted by molar-refractivity contribution is 5.76. The Balaban J connectivity index is 3.89. The molecule has 0 atom stereocenters. The Hall–Kier alpha value is -0.660. The maximum Gasteiger partial charge on any atom is 0.129 e. The Bertz CT molecular complexity index is 176. The van der Waals surface area contributed by atoms with Crippen molar-refractivity contribution in [3.05, 3.63) is 0 Å². The normalized spacial score (nSPS) is 11.0. The Morgan fingerprint density at radius 3 is 1.50 bits per heavy atom. The third-order valence-corrected chi connectivity index (χ3v) is 2.68.